The maximum absolute atomic E-state index is 13.4. The number of hydrogen-bond acceptors (Lipinski definition) is 13. The van der Waals surface area contributed by atoms with E-state index in [0.717, 1.165) is 74.9 Å². The molecule has 0 aliphatic carbocycles. The number of amides is 4. The summed E-state index contributed by atoms with van der Waals surface area (Å²) in [4.78, 5) is 67.8. The normalized spacial score (nSPS) is 19.2. The summed E-state index contributed by atoms with van der Waals surface area (Å²) in [6.07, 6.45) is 3.77. The minimum Gasteiger partial charge on any atom is -0.494 e. The molecule has 1 aromatic heterocycles. The van der Waals surface area contributed by atoms with Gasteiger partial charge < -0.3 is 29.7 Å². The molecule has 3 saturated heterocycles. The van der Waals surface area contributed by atoms with Gasteiger partial charge >= 0.3 is 0 Å². The van der Waals surface area contributed by atoms with Crippen LogP contribution in [0.2, 0.25) is 5.02 Å². The van der Waals surface area contributed by atoms with Crippen molar-refractivity contribution in [1.82, 2.24) is 25.1 Å². The van der Waals surface area contributed by atoms with Crippen molar-refractivity contribution >= 4 is 82.2 Å². The molecule has 0 radical (unpaired) electrons. The average Bonchev–Trinajstić information content (AvgIpc) is 3.47. The summed E-state index contributed by atoms with van der Waals surface area (Å²) < 4.78 is 18.7. The Morgan fingerprint density at radius 2 is 1.53 bits per heavy atom. The topological polar surface area (TPSA) is 169 Å². The number of rotatable bonds is 11. The van der Waals surface area contributed by atoms with E-state index in [0.29, 0.717) is 56.3 Å². The number of benzene rings is 3. The highest BCUT2D eigenvalue weighted by atomic mass is 35.5. The monoisotopic (exact) mass is 839 g/mol. The Bertz CT molecular complexity index is 2360. The highest BCUT2D eigenvalue weighted by molar-refractivity contribution is 7.70. The van der Waals surface area contributed by atoms with E-state index in [1.54, 1.807) is 32.6 Å². The minimum absolute atomic E-state index is 0.0906. The molecule has 1 unspecified atom stereocenters. The number of halogens is 1. The summed E-state index contributed by atoms with van der Waals surface area (Å²) in [5, 5.41) is 9.79. The zero-order valence-corrected chi connectivity index (χ0v) is 34.9. The standard InChI is InChI=1S/C42H47ClN9O6P/c1-58-35-23-28(9-11-32(35)46-42-44-24-31(43)38(48-42)45-33-6-4-5-7-36(33)59(2,3)57)51-20-18-49(19-21-51)25-26-14-16-50(17-15-26)27-8-10-29-30(22-27)41(56)52(40(29)55)34-12-13-37(53)47-39(34)54/h4-11,22-24,26,34H,12-21,25H2,1-3H3,(H,47,53,54)(H2,44,45,46,48). The molecule has 8 rings (SSSR count). The number of carbonyl (C=O) groups excluding carboxylic acids is 4. The van der Waals surface area contributed by atoms with Gasteiger partial charge in [0.15, 0.2) is 5.82 Å². The van der Waals surface area contributed by atoms with Gasteiger partial charge in [0, 0.05) is 75.0 Å². The molecule has 3 aromatic carbocycles. The molecule has 308 valence electrons. The lowest BCUT2D eigenvalue weighted by Crippen LogP contribution is -2.54. The van der Waals surface area contributed by atoms with Gasteiger partial charge in [-0.25, -0.2) is 4.98 Å². The molecule has 3 N–H and O–H groups in total. The summed E-state index contributed by atoms with van der Waals surface area (Å²) in [7, 11) is -0.921. The van der Waals surface area contributed by atoms with E-state index in [1.807, 2.05) is 42.5 Å². The highest BCUT2D eigenvalue weighted by Crippen LogP contribution is 2.39. The van der Waals surface area contributed by atoms with Gasteiger partial charge in [0.25, 0.3) is 11.8 Å². The summed E-state index contributed by atoms with van der Waals surface area (Å²) in [6, 6.07) is 17.8. The third kappa shape index (κ3) is 8.50. The fourth-order valence-corrected chi connectivity index (χ4v) is 9.67. The Labute approximate surface area is 347 Å². The number of aromatic nitrogens is 2. The van der Waals surface area contributed by atoms with Crippen LogP contribution in [-0.4, -0.2) is 116 Å². The van der Waals surface area contributed by atoms with Crippen LogP contribution in [0.3, 0.4) is 0 Å². The van der Waals surface area contributed by atoms with Crippen LogP contribution >= 0.6 is 18.7 Å². The van der Waals surface area contributed by atoms with Gasteiger partial charge in [-0.3, -0.25) is 34.3 Å². The van der Waals surface area contributed by atoms with Crippen LogP contribution in [0, 0.1) is 5.92 Å². The first-order valence-electron chi connectivity index (χ1n) is 19.8. The molecule has 59 heavy (non-hydrogen) atoms. The molecule has 0 bridgehead atoms. The van der Waals surface area contributed by atoms with Gasteiger partial charge in [0.1, 0.15) is 24.0 Å². The van der Waals surface area contributed by atoms with Gasteiger partial charge in [-0.15, -0.1) is 0 Å². The molecule has 4 aliphatic heterocycles. The van der Waals surface area contributed by atoms with Gasteiger partial charge in [-0.2, -0.15) is 4.98 Å². The lowest BCUT2D eigenvalue weighted by Gasteiger charge is -2.40. The van der Waals surface area contributed by atoms with Crippen molar-refractivity contribution < 1.29 is 28.5 Å². The van der Waals surface area contributed by atoms with Crippen molar-refractivity contribution in [1.29, 1.82) is 0 Å². The minimum atomic E-state index is -2.56. The fourth-order valence-electron chi connectivity index (χ4n) is 8.38. The predicted octanol–water partition coefficient (Wildman–Crippen LogP) is 5.31. The lowest BCUT2D eigenvalue weighted by atomic mass is 9.95. The molecule has 17 heteroatoms. The zero-order valence-electron chi connectivity index (χ0n) is 33.2. The molecule has 1 atom stereocenters. The second-order valence-electron chi connectivity index (χ2n) is 15.8. The number of piperidine rings is 2. The van der Waals surface area contributed by atoms with Gasteiger partial charge in [0.2, 0.25) is 17.8 Å². The van der Waals surface area contributed by atoms with E-state index in [9.17, 15) is 23.7 Å². The molecular formula is C42H47ClN9O6P. The van der Waals surface area contributed by atoms with E-state index in [4.69, 9.17) is 16.3 Å². The molecule has 4 aromatic rings. The summed E-state index contributed by atoms with van der Waals surface area (Å²) in [6.45, 7) is 9.80. The largest absolute Gasteiger partial charge is 0.494 e. The first-order chi connectivity index (χ1) is 28.4. The summed E-state index contributed by atoms with van der Waals surface area (Å²) in [5.41, 5.74) is 3.94. The molecular weight excluding hydrogens is 793 g/mol. The van der Waals surface area contributed by atoms with Gasteiger partial charge in [0.05, 0.1) is 35.8 Å². The highest BCUT2D eigenvalue weighted by Gasteiger charge is 2.45. The number of methoxy groups -OCH3 is 1. The Balaban J connectivity index is 0.831. The smallest absolute Gasteiger partial charge is 0.262 e. The van der Waals surface area contributed by atoms with Gasteiger partial charge in [-0.1, -0.05) is 23.7 Å². The van der Waals surface area contributed by atoms with Gasteiger partial charge in [-0.05, 0) is 81.0 Å². The molecule has 0 saturated carbocycles. The van der Waals surface area contributed by atoms with Crippen LogP contribution in [-0.2, 0) is 14.2 Å². The number of nitrogens with one attached hydrogen (secondary N) is 3. The molecule has 15 nitrogen and oxygen atoms in total. The second kappa shape index (κ2) is 16.6. The van der Waals surface area contributed by atoms with Crippen LogP contribution in [0.25, 0.3) is 0 Å². The summed E-state index contributed by atoms with van der Waals surface area (Å²) in [5.74, 6) is -0.0584. The number of piperazine rings is 1. The molecule has 4 aliphatic rings. The van der Waals surface area contributed by atoms with Crippen LogP contribution in [0.15, 0.2) is 66.9 Å². The van der Waals surface area contributed by atoms with E-state index < -0.39 is 36.8 Å². The molecule has 3 fully saturated rings. The Kier molecular flexibility index (Phi) is 11.4. The summed E-state index contributed by atoms with van der Waals surface area (Å²) >= 11 is 6.47. The number of imide groups is 2. The maximum Gasteiger partial charge on any atom is 0.262 e. The number of ether oxygens (including phenoxy) is 1. The molecule has 0 spiro atoms. The number of anilines is 6. The van der Waals surface area contributed by atoms with Crippen LogP contribution in [0.5, 0.6) is 5.75 Å². The first-order valence-corrected chi connectivity index (χ1v) is 22.8. The van der Waals surface area contributed by atoms with Crippen molar-refractivity contribution in [3.8, 4) is 5.75 Å². The average molecular weight is 840 g/mol. The van der Waals surface area contributed by atoms with Crippen LogP contribution in [0.4, 0.5) is 34.5 Å². The number of para-hydroxylation sites is 1. The third-order valence-corrected chi connectivity index (χ3v) is 13.4. The first kappa shape index (κ1) is 40.3. The van der Waals surface area contributed by atoms with E-state index >= 15 is 0 Å². The number of fused-ring (bicyclic) bond motifs is 1. The third-order valence-electron chi connectivity index (χ3n) is 11.6. The lowest BCUT2D eigenvalue weighted by molar-refractivity contribution is -0.136. The molecule has 5 heterocycles. The van der Waals surface area contributed by atoms with Crippen molar-refractivity contribution in [3.05, 3.63) is 83.0 Å². The van der Waals surface area contributed by atoms with Crippen LogP contribution < -0.4 is 35.8 Å². The zero-order chi connectivity index (χ0) is 41.4. The van der Waals surface area contributed by atoms with Crippen molar-refractivity contribution in [2.24, 2.45) is 5.92 Å². The van der Waals surface area contributed by atoms with E-state index in [2.05, 4.69) is 46.7 Å². The number of carbonyl (C=O) groups is 4. The SMILES string of the molecule is COc1cc(N2CCN(CC3CCN(c4ccc5c(c4)C(=O)N(C4CCC(=O)NC4=O)C5=O)CC3)CC2)ccc1Nc1ncc(Cl)c(Nc2ccccc2P(C)(C)=O)n1. The van der Waals surface area contributed by atoms with Crippen molar-refractivity contribution in [3.63, 3.8) is 0 Å². The predicted molar refractivity (Wildman–Crippen MR) is 229 cm³/mol. The van der Waals surface area contributed by atoms with E-state index in [1.165, 1.54) is 6.20 Å². The Morgan fingerprint density at radius 1 is 0.831 bits per heavy atom. The Morgan fingerprint density at radius 3 is 2.25 bits per heavy atom. The maximum atomic E-state index is 13.4. The van der Waals surface area contributed by atoms with Crippen molar-refractivity contribution in [2.75, 3.05) is 86.7 Å². The van der Waals surface area contributed by atoms with Crippen LogP contribution in [0.1, 0.15) is 46.4 Å². The second-order valence-corrected chi connectivity index (χ2v) is 19.4. The van der Waals surface area contributed by atoms with Crippen molar-refractivity contribution in [2.45, 2.75) is 31.7 Å². The number of hydrogen-bond donors (Lipinski definition) is 3. The fraction of sp³-hybridized carbons (Fsp3) is 0.381. The number of nitrogens with zero attached hydrogens (tertiary/aromatic N) is 6. The quantitative estimate of drug-likeness (QED) is 0.131. The molecule has 4 amide bonds. The van der Waals surface area contributed by atoms with E-state index in [-0.39, 0.29) is 12.8 Å². The Hall–Kier alpha value is -5.50.